The molecule has 1 saturated carbocycles. The van der Waals surface area contributed by atoms with Crippen LogP contribution in [0.2, 0.25) is 0 Å². The van der Waals surface area contributed by atoms with Crippen molar-refractivity contribution in [2.24, 2.45) is 11.0 Å². The zero-order chi connectivity index (χ0) is 12.9. The van der Waals surface area contributed by atoms with E-state index in [0.717, 1.165) is 23.9 Å². The third-order valence-corrected chi connectivity index (χ3v) is 4.34. The highest BCUT2D eigenvalue weighted by molar-refractivity contribution is 5.83. The first-order valence-corrected chi connectivity index (χ1v) is 7.56. The summed E-state index contributed by atoms with van der Waals surface area (Å²) in [6.45, 7) is 0. The number of fused-ring (bicyclic) bond motifs is 1. The lowest BCUT2D eigenvalue weighted by molar-refractivity contribution is 0.278. The summed E-state index contributed by atoms with van der Waals surface area (Å²) in [4.78, 5) is 0. The third kappa shape index (κ3) is 3.28. The molecular weight excluding hydrogens is 234 g/mol. The van der Waals surface area contributed by atoms with E-state index >= 15 is 0 Å². The van der Waals surface area contributed by atoms with E-state index in [9.17, 15) is 0 Å². The van der Waals surface area contributed by atoms with Crippen LogP contribution in [0.25, 0.3) is 0 Å². The number of anilines is 1. The molecule has 1 aromatic carbocycles. The third-order valence-electron chi connectivity index (χ3n) is 4.34. The Morgan fingerprint density at radius 1 is 1.00 bits per heavy atom. The van der Waals surface area contributed by atoms with Crippen molar-refractivity contribution in [3.8, 4) is 0 Å². The molecule has 2 unspecified atom stereocenters. The van der Waals surface area contributed by atoms with Crippen LogP contribution in [0.15, 0.2) is 35.4 Å². The van der Waals surface area contributed by atoms with Gasteiger partial charge in [0.25, 0.3) is 0 Å². The molecule has 2 N–H and O–H groups in total. The lowest BCUT2D eigenvalue weighted by Gasteiger charge is -2.30. The lowest BCUT2D eigenvalue weighted by Crippen LogP contribution is -2.40. The number of nitrogens with zero attached hydrogens (tertiary/aromatic N) is 1. The Labute approximate surface area is 115 Å². The first-order valence-electron chi connectivity index (χ1n) is 7.56. The van der Waals surface area contributed by atoms with Gasteiger partial charge in [-0.05, 0) is 43.7 Å². The molecule has 2 fully saturated rings. The van der Waals surface area contributed by atoms with Crippen molar-refractivity contribution in [2.75, 3.05) is 5.43 Å². The minimum Gasteiger partial charge on any atom is -0.369 e. The monoisotopic (exact) mass is 257 g/mol. The average Bonchev–Trinajstić information content (AvgIpc) is 2.68. The zero-order valence-corrected chi connectivity index (χ0v) is 11.4. The molecule has 3 rings (SSSR count). The van der Waals surface area contributed by atoms with Crippen molar-refractivity contribution in [3.63, 3.8) is 0 Å². The van der Waals surface area contributed by atoms with Crippen LogP contribution >= 0.6 is 0 Å². The predicted molar refractivity (Wildman–Crippen MR) is 80.2 cm³/mol. The van der Waals surface area contributed by atoms with Crippen molar-refractivity contribution < 1.29 is 0 Å². The fraction of sp³-hybridized carbons (Fsp3) is 0.562. The van der Waals surface area contributed by atoms with Crippen molar-refractivity contribution in [1.82, 2.24) is 5.32 Å². The topological polar surface area (TPSA) is 36.4 Å². The largest absolute Gasteiger partial charge is 0.369 e. The number of benzene rings is 1. The van der Waals surface area contributed by atoms with Crippen molar-refractivity contribution >= 4 is 11.5 Å². The Balaban J connectivity index is 1.64. The molecule has 3 nitrogen and oxygen atoms in total. The molecule has 102 valence electrons. The van der Waals surface area contributed by atoms with Crippen LogP contribution < -0.4 is 10.7 Å². The Morgan fingerprint density at radius 2 is 1.79 bits per heavy atom. The lowest BCUT2D eigenvalue weighted by atomic mass is 9.82. The number of rotatable bonds is 2. The summed E-state index contributed by atoms with van der Waals surface area (Å²) in [6.07, 6.45) is 9.20. The maximum absolute atomic E-state index is 4.56. The molecule has 1 heterocycles. The van der Waals surface area contributed by atoms with Gasteiger partial charge in [0.2, 0.25) is 0 Å². The molecular formula is C16H23N3. The quantitative estimate of drug-likeness (QED) is 0.792. The molecule has 0 aromatic heterocycles. The van der Waals surface area contributed by atoms with E-state index in [2.05, 4.69) is 15.8 Å². The SMILES string of the molecule is c1ccc(NN=C2CCCC3CCCCC3N2)cc1. The highest BCUT2D eigenvalue weighted by Crippen LogP contribution is 2.30. The molecule has 1 saturated heterocycles. The maximum atomic E-state index is 4.56. The number of hydrazone groups is 1. The van der Waals surface area contributed by atoms with Gasteiger partial charge < -0.3 is 5.32 Å². The molecule has 2 aliphatic rings. The number of hydrogen-bond donors (Lipinski definition) is 2. The minimum atomic E-state index is 0.660. The molecule has 1 aromatic rings. The van der Waals surface area contributed by atoms with Gasteiger partial charge in [-0.25, -0.2) is 0 Å². The number of nitrogens with one attached hydrogen (secondary N) is 2. The number of amidine groups is 1. The molecule has 2 atom stereocenters. The number of hydrogen-bond acceptors (Lipinski definition) is 2. The molecule has 0 radical (unpaired) electrons. The summed E-state index contributed by atoms with van der Waals surface area (Å²) in [7, 11) is 0. The maximum Gasteiger partial charge on any atom is 0.122 e. The van der Waals surface area contributed by atoms with Crippen LogP contribution in [0, 0.1) is 5.92 Å². The molecule has 0 bridgehead atoms. The second kappa shape index (κ2) is 6.09. The van der Waals surface area contributed by atoms with Crippen LogP contribution in [0.5, 0.6) is 0 Å². The Bertz CT molecular complexity index is 427. The molecule has 3 heteroatoms. The second-order valence-electron chi connectivity index (χ2n) is 5.72. The summed E-state index contributed by atoms with van der Waals surface area (Å²) in [5.41, 5.74) is 4.22. The van der Waals surface area contributed by atoms with E-state index < -0.39 is 0 Å². The molecule has 0 amide bonds. The Kier molecular flexibility index (Phi) is 4.01. The molecule has 0 spiro atoms. The highest BCUT2D eigenvalue weighted by Gasteiger charge is 2.27. The van der Waals surface area contributed by atoms with Crippen LogP contribution in [-0.2, 0) is 0 Å². The molecule has 19 heavy (non-hydrogen) atoms. The van der Waals surface area contributed by atoms with Gasteiger partial charge in [0.15, 0.2) is 0 Å². The second-order valence-corrected chi connectivity index (χ2v) is 5.72. The Hall–Kier alpha value is -1.51. The fourth-order valence-corrected chi connectivity index (χ4v) is 3.29. The normalized spacial score (nSPS) is 29.2. The van der Waals surface area contributed by atoms with Crippen LogP contribution in [0.4, 0.5) is 5.69 Å². The van der Waals surface area contributed by atoms with Gasteiger partial charge >= 0.3 is 0 Å². The van der Waals surface area contributed by atoms with Gasteiger partial charge in [0.1, 0.15) is 5.84 Å². The van der Waals surface area contributed by atoms with E-state index in [-0.39, 0.29) is 0 Å². The van der Waals surface area contributed by atoms with Crippen LogP contribution in [0.3, 0.4) is 0 Å². The summed E-state index contributed by atoms with van der Waals surface area (Å²) < 4.78 is 0. The predicted octanol–water partition coefficient (Wildman–Crippen LogP) is 3.74. The summed E-state index contributed by atoms with van der Waals surface area (Å²) in [5.74, 6) is 2.01. The standard InChI is InChI=1S/C16H23N3/c1-2-9-14(10-3-1)18-19-16-12-6-8-13-7-4-5-11-15(13)17-16/h1-3,9-10,13,15,18H,4-8,11-12H2,(H,17,19). The number of para-hydroxylation sites is 1. The van der Waals surface area contributed by atoms with E-state index in [0.29, 0.717) is 6.04 Å². The fourth-order valence-electron chi connectivity index (χ4n) is 3.29. The van der Waals surface area contributed by atoms with Gasteiger partial charge in [0, 0.05) is 12.5 Å². The van der Waals surface area contributed by atoms with Crippen molar-refractivity contribution in [3.05, 3.63) is 30.3 Å². The van der Waals surface area contributed by atoms with Crippen molar-refractivity contribution in [1.29, 1.82) is 0 Å². The molecule has 1 aliphatic carbocycles. The first kappa shape index (κ1) is 12.5. The van der Waals surface area contributed by atoms with E-state index in [1.165, 1.54) is 38.5 Å². The van der Waals surface area contributed by atoms with Crippen LogP contribution in [-0.4, -0.2) is 11.9 Å². The van der Waals surface area contributed by atoms with E-state index in [1.54, 1.807) is 0 Å². The summed E-state index contributed by atoms with van der Waals surface area (Å²) in [5, 5.41) is 8.24. The minimum absolute atomic E-state index is 0.660. The first-order chi connectivity index (χ1) is 9.42. The highest BCUT2D eigenvalue weighted by atomic mass is 15.3. The zero-order valence-electron chi connectivity index (χ0n) is 11.4. The van der Waals surface area contributed by atoms with Gasteiger partial charge in [-0.2, -0.15) is 5.10 Å². The van der Waals surface area contributed by atoms with Gasteiger partial charge in [-0.3, -0.25) is 5.43 Å². The molecule has 1 aliphatic heterocycles. The van der Waals surface area contributed by atoms with Gasteiger partial charge in [-0.1, -0.05) is 31.0 Å². The van der Waals surface area contributed by atoms with E-state index in [4.69, 9.17) is 0 Å². The van der Waals surface area contributed by atoms with Crippen LogP contribution in [0.1, 0.15) is 44.9 Å². The Morgan fingerprint density at radius 3 is 2.68 bits per heavy atom. The van der Waals surface area contributed by atoms with Gasteiger partial charge in [-0.15, -0.1) is 0 Å². The summed E-state index contributed by atoms with van der Waals surface area (Å²) >= 11 is 0. The van der Waals surface area contributed by atoms with Gasteiger partial charge in [0.05, 0.1) is 5.69 Å². The summed E-state index contributed by atoms with van der Waals surface area (Å²) in [6, 6.07) is 10.8. The average molecular weight is 257 g/mol. The van der Waals surface area contributed by atoms with Crippen molar-refractivity contribution in [2.45, 2.75) is 51.0 Å². The van der Waals surface area contributed by atoms with E-state index in [1.807, 2.05) is 30.3 Å². The smallest absolute Gasteiger partial charge is 0.122 e.